The highest BCUT2D eigenvalue weighted by molar-refractivity contribution is 9.10. The fourth-order valence-corrected chi connectivity index (χ4v) is 4.11. The Morgan fingerprint density at radius 2 is 2.00 bits per heavy atom. The van der Waals surface area contributed by atoms with Crippen molar-refractivity contribution >= 4 is 21.6 Å². The van der Waals surface area contributed by atoms with Crippen molar-refractivity contribution in [3.05, 3.63) is 58.1 Å². The van der Waals surface area contributed by atoms with Gasteiger partial charge in [-0.15, -0.1) is 0 Å². The van der Waals surface area contributed by atoms with Crippen molar-refractivity contribution in [3.8, 4) is 5.75 Å². The van der Waals surface area contributed by atoms with Crippen LogP contribution in [0.4, 0.5) is 5.69 Å². The Bertz CT molecular complexity index is 710. The number of rotatable bonds is 0. The number of hydrogen-bond donors (Lipinski definition) is 1. The maximum atomic E-state index is 6.04. The highest BCUT2D eigenvalue weighted by atomic mass is 79.9. The molecule has 0 aromatic heterocycles. The predicted octanol–water partition coefficient (Wildman–Crippen LogP) is 4.90. The summed E-state index contributed by atoms with van der Waals surface area (Å²) in [4.78, 5) is 0. The van der Waals surface area contributed by atoms with Gasteiger partial charge in [-0.1, -0.05) is 48.0 Å². The molecule has 0 spiro atoms. The Morgan fingerprint density at radius 1 is 1.19 bits per heavy atom. The second-order valence-corrected chi connectivity index (χ2v) is 7.40. The van der Waals surface area contributed by atoms with Crippen LogP contribution in [0.3, 0.4) is 0 Å². The van der Waals surface area contributed by atoms with E-state index in [4.69, 9.17) is 4.74 Å². The van der Waals surface area contributed by atoms with Crippen molar-refractivity contribution in [2.75, 3.05) is 11.9 Å². The third-order valence-electron chi connectivity index (χ3n) is 4.99. The zero-order chi connectivity index (χ0) is 14.6. The predicted molar refractivity (Wildman–Crippen MR) is 89.0 cm³/mol. The second kappa shape index (κ2) is 4.51. The summed E-state index contributed by atoms with van der Waals surface area (Å²) in [6.45, 7) is 5.42. The van der Waals surface area contributed by atoms with Gasteiger partial charge < -0.3 is 10.1 Å². The molecule has 0 fully saturated rings. The molecule has 0 saturated heterocycles. The number of para-hydroxylation sites is 1. The van der Waals surface area contributed by atoms with Crippen LogP contribution in [0.2, 0.25) is 0 Å². The zero-order valence-corrected chi connectivity index (χ0v) is 13.8. The molecule has 2 atom stereocenters. The van der Waals surface area contributed by atoms with Gasteiger partial charge in [-0.25, -0.2) is 0 Å². The summed E-state index contributed by atoms with van der Waals surface area (Å²) in [6, 6.07) is 15.2. The molecule has 0 bridgehead atoms. The minimum absolute atomic E-state index is 0.0898. The monoisotopic (exact) mass is 343 g/mol. The second-order valence-electron chi connectivity index (χ2n) is 6.49. The van der Waals surface area contributed by atoms with Crippen LogP contribution in [-0.4, -0.2) is 6.61 Å². The summed E-state index contributed by atoms with van der Waals surface area (Å²) in [5.74, 6) is 1.43. The lowest BCUT2D eigenvalue weighted by Gasteiger charge is -2.48. The van der Waals surface area contributed by atoms with Crippen molar-refractivity contribution in [3.63, 3.8) is 0 Å². The van der Waals surface area contributed by atoms with Gasteiger partial charge >= 0.3 is 0 Å². The third-order valence-corrected chi connectivity index (χ3v) is 5.48. The molecule has 0 amide bonds. The van der Waals surface area contributed by atoms with Gasteiger partial charge in [-0.3, -0.25) is 0 Å². The molecule has 2 aromatic rings. The first-order valence-corrected chi connectivity index (χ1v) is 8.15. The average Bonchev–Trinajstić information content (AvgIpc) is 2.47. The Labute approximate surface area is 133 Å². The summed E-state index contributed by atoms with van der Waals surface area (Å²) in [5.41, 5.74) is 3.97. The number of hydrogen-bond acceptors (Lipinski definition) is 2. The fourth-order valence-electron chi connectivity index (χ4n) is 3.73. The van der Waals surface area contributed by atoms with Crippen molar-refractivity contribution in [1.29, 1.82) is 0 Å². The van der Waals surface area contributed by atoms with Crippen LogP contribution < -0.4 is 10.1 Å². The Balaban J connectivity index is 1.88. The summed E-state index contributed by atoms with van der Waals surface area (Å²) in [7, 11) is 0. The lowest BCUT2D eigenvalue weighted by Crippen LogP contribution is -2.46. The van der Waals surface area contributed by atoms with Crippen LogP contribution in [0.15, 0.2) is 46.9 Å². The van der Waals surface area contributed by atoms with Crippen LogP contribution in [-0.2, 0) is 5.41 Å². The highest BCUT2D eigenvalue weighted by Gasteiger charge is 2.46. The van der Waals surface area contributed by atoms with E-state index in [1.165, 1.54) is 16.8 Å². The van der Waals surface area contributed by atoms with Crippen LogP contribution >= 0.6 is 15.9 Å². The summed E-state index contributed by atoms with van der Waals surface area (Å²) < 4.78 is 7.14. The molecule has 3 heteroatoms. The maximum absolute atomic E-state index is 6.04. The topological polar surface area (TPSA) is 21.3 Å². The molecule has 2 aromatic carbocycles. The van der Waals surface area contributed by atoms with Crippen LogP contribution in [0.1, 0.15) is 31.0 Å². The molecule has 0 radical (unpaired) electrons. The molecular formula is C18H18BrNO. The molecule has 2 nitrogen and oxygen atoms in total. The SMILES string of the molecule is CC1(C)c2ccccc2N[C@H]2c3cc(Br)ccc3OC[C@H]21. The zero-order valence-electron chi connectivity index (χ0n) is 12.2. The Hall–Kier alpha value is -1.48. The van der Waals surface area contributed by atoms with Gasteiger partial charge in [0.05, 0.1) is 12.6 Å². The number of anilines is 1. The molecule has 4 rings (SSSR count). The number of halogens is 1. The summed E-state index contributed by atoms with van der Waals surface area (Å²) >= 11 is 3.58. The van der Waals surface area contributed by atoms with E-state index in [1.807, 2.05) is 6.07 Å². The van der Waals surface area contributed by atoms with Crippen molar-refractivity contribution < 1.29 is 4.74 Å². The first-order valence-electron chi connectivity index (χ1n) is 7.35. The lowest BCUT2D eigenvalue weighted by atomic mass is 9.65. The van der Waals surface area contributed by atoms with E-state index in [9.17, 15) is 0 Å². The molecule has 1 N–H and O–H groups in total. The number of fused-ring (bicyclic) bond motifs is 4. The molecule has 108 valence electrons. The van der Waals surface area contributed by atoms with Crippen LogP contribution in [0.5, 0.6) is 5.75 Å². The lowest BCUT2D eigenvalue weighted by molar-refractivity contribution is 0.135. The first-order chi connectivity index (χ1) is 10.1. The standard InChI is InChI=1S/C18H18BrNO/c1-18(2)13-5-3-4-6-15(13)20-17-12-9-11(19)7-8-16(12)21-10-14(17)18/h3-9,14,17,20H,10H2,1-2H3/t14-,17+/m1/s1. The Kier molecular flexibility index (Phi) is 2.83. The van der Waals surface area contributed by atoms with Gasteiger partial charge in [-0.05, 0) is 29.8 Å². The quantitative estimate of drug-likeness (QED) is 0.734. The van der Waals surface area contributed by atoms with E-state index in [-0.39, 0.29) is 5.41 Å². The molecule has 2 aliphatic rings. The first kappa shape index (κ1) is 13.2. The van der Waals surface area contributed by atoms with E-state index < -0.39 is 0 Å². The molecule has 0 aliphatic carbocycles. The molecule has 21 heavy (non-hydrogen) atoms. The summed E-state index contributed by atoms with van der Waals surface area (Å²) in [6.07, 6.45) is 0. The van der Waals surface area contributed by atoms with Gasteiger partial charge in [0, 0.05) is 27.1 Å². The van der Waals surface area contributed by atoms with Crippen molar-refractivity contribution in [1.82, 2.24) is 0 Å². The number of ether oxygens (including phenoxy) is 1. The van der Waals surface area contributed by atoms with E-state index in [0.717, 1.165) is 16.8 Å². The van der Waals surface area contributed by atoms with E-state index in [2.05, 4.69) is 71.5 Å². The van der Waals surface area contributed by atoms with E-state index in [1.54, 1.807) is 0 Å². The molecular weight excluding hydrogens is 326 g/mol. The van der Waals surface area contributed by atoms with Crippen molar-refractivity contribution in [2.45, 2.75) is 25.3 Å². The molecule has 0 unspecified atom stereocenters. The third kappa shape index (κ3) is 1.90. The maximum Gasteiger partial charge on any atom is 0.124 e. The molecule has 0 saturated carbocycles. The van der Waals surface area contributed by atoms with Crippen LogP contribution in [0, 0.1) is 5.92 Å². The minimum atomic E-state index is 0.0898. The van der Waals surface area contributed by atoms with Gasteiger partial charge in [0.15, 0.2) is 0 Å². The number of benzene rings is 2. The highest BCUT2D eigenvalue weighted by Crippen LogP contribution is 2.52. The van der Waals surface area contributed by atoms with Gasteiger partial charge in [-0.2, -0.15) is 0 Å². The van der Waals surface area contributed by atoms with Gasteiger partial charge in [0.2, 0.25) is 0 Å². The Morgan fingerprint density at radius 3 is 2.86 bits per heavy atom. The summed E-state index contributed by atoms with van der Waals surface area (Å²) in [5, 5.41) is 3.74. The number of nitrogens with one attached hydrogen (secondary N) is 1. The van der Waals surface area contributed by atoms with Crippen LogP contribution in [0.25, 0.3) is 0 Å². The van der Waals surface area contributed by atoms with E-state index in [0.29, 0.717) is 12.0 Å². The van der Waals surface area contributed by atoms with Crippen molar-refractivity contribution in [2.24, 2.45) is 5.92 Å². The van der Waals surface area contributed by atoms with Gasteiger partial charge in [0.1, 0.15) is 5.75 Å². The molecule has 2 heterocycles. The normalized spacial score (nSPS) is 24.9. The van der Waals surface area contributed by atoms with Gasteiger partial charge in [0.25, 0.3) is 0 Å². The fraction of sp³-hybridized carbons (Fsp3) is 0.333. The minimum Gasteiger partial charge on any atom is -0.493 e. The average molecular weight is 344 g/mol. The largest absolute Gasteiger partial charge is 0.493 e. The van der Waals surface area contributed by atoms with E-state index >= 15 is 0 Å². The smallest absolute Gasteiger partial charge is 0.124 e. The molecule has 2 aliphatic heterocycles.